The summed E-state index contributed by atoms with van der Waals surface area (Å²) in [5.41, 5.74) is 6.21. The summed E-state index contributed by atoms with van der Waals surface area (Å²) in [5, 5.41) is 0. The number of methoxy groups -OCH3 is 1. The van der Waals surface area contributed by atoms with Crippen LogP contribution in [0, 0.1) is 0 Å². The Morgan fingerprint density at radius 1 is 1.50 bits per heavy atom. The maximum atomic E-state index is 12.4. The van der Waals surface area contributed by atoms with Crippen molar-refractivity contribution in [1.29, 1.82) is 0 Å². The number of hydrogen-bond donors (Lipinski definition) is 1. The summed E-state index contributed by atoms with van der Waals surface area (Å²) in [7, 11) is 2.86. The van der Waals surface area contributed by atoms with Gasteiger partial charge in [0.1, 0.15) is 0 Å². The molecule has 0 fully saturated rings. The second-order valence-electron chi connectivity index (χ2n) is 3.89. The van der Waals surface area contributed by atoms with Crippen LogP contribution in [0.5, 0.6) is 5.75 Å². The summed E-state index contributed by atoms with van der Waals surface area (Å²) >= 11 is 5.63. The lowest BCUT2D eigenvalue weighted by atomic mass is 10.1. The molecule has 0 aliphatic carbocycles. The maximum absolute atomic E-state index is 12.4. The minimum atomic E-state index is -3.05. The van der Waals surface area contributed by atoms with Crippen LogP contribution in [0.25, 0.3) is 0 Å². The lowest BCUT2D eigenvalue weighted by Crippen LogP contribution is -2.22. The number of halogens is 3. The Morgan fingerprint density at radius 3 is 2.65 bits per heavy atom. The Hall–Kier alpha value is -1.76. The van der Waals surface area contributed by atoms with Gasteiger partial charge in [0, 0.05) is 19.5 Å². The molecule has 0 aliphatic heterocycles. The molecule has 0 bridgehead atoms. The second kappa shape index (κ2) is 7.14. The summed E-state index contributed by atoms with van der Waals surface area (Å²) in [6.45, 7) is -2.62. The molecule has 1 aromatic carbocycles. The SMILES string of the molecule is COC(=O)c1cc(OC(F)F)c(N)c(N(C)CCCl)c1. The Bertz CT molecular complexity index is 486. The monoisotopic (exact) mass is 308 g/mol. The van der Waals surface area contributed by atoms with Crippen molar-refractivity contribution in [2.45, 2.75) is 6.61 Å². The molecule has 8 heteroatoms. The zero-order valence-electron chi connectivity index (χ0n) is 11.0. The van der Waals surface area contributed by atoms with E-state index in [2.05, 4.69) is 9.47 Å². The lowest BCUT2D eigenvalue weighted by Gasteiger charge is -2.22. The molecule has 0 unspecified atom stereocenters. The van der Waals surface area contributed by atoms with Gasteiger partial charge in [0.25, 0.3) is 0 Å². The summed E-state index contributed by atoms with van der Waals surface area (Å²) in [6, 6.07) is 2.55. The predicted octanol–water partition coefficient (Wildman–Crippen LogP) is 2.33. The van der Waals surface area contributed by atoms with Gasteiger partial charge in [-0.15, -0.1) is 11.6 Å². The van der Waals surface area contributed by atoms with Gasteiger partial charge < -0.3 is 20.1 Å². The molecule has 20 heavy (non-hydrogen) atoms. The van der Waals surface area contributed by atoms with Gasteiger partial charge in [-0.25, -0.2) is 4.79 Å². The van der Waals surface area contributed by atoms with E-state index in [-0.39, 0.29) is 17.0 Å². The Labute approximate surface area is 120 Å². The highest BCUT2D eigenvalue weighted by Gasteiger charge is 2.18. The van der Waals surface area contributed by atoms with E-state index in [0.29, 0.717) is 18.1 Å². The van der Waals surface area contributed by atoms with Crippen molar-refractivity contribution in [3.63, 3.8) is 0 Å². The van der Waals surface area contributed by atoms with E-state index in [0.717, 1.165) is 6.07 Å². The van der Waals surface area contributed by atoms with Crippen molar-refractivity contribution >= 4 is 28.9 Å². The third-order valence-corrected chi connectivity index (χ3v) is 2.76. The maximum Gasteiger partial charge on any atom is 0.387 e. The van der Waals surface area contributed by atoms with Crippen molar-refractivity contribution < 1.29 is 23.0 Å². The lowest BCUT2D eigenvalue weighted by molar-refractivity contribution is -0.0493. The zero-order valence-corrected chi connectivity index (χ0v) is 11.8. The van der Waals surface area contributed by atoms with Crippen LogP contribution < -0.4 is 15.4 Å². The third kappa shape index (κ3) is 3.86. The highest BCUT2D eigenvalue weighted by molar-refractivity contribution is 6.18. The van der Waals surface area contributed by atoms with Gasteiger partial charge in [0.05, 0.1) is 24.0 Å². The number of nitrogen functional groups attached to an aromatic ring is 1. The van der Waals surface area contributed by atoms with E-state index in [4.69, 9.17) is 17.3 Å². The van der Waals surface area contributed by atoms with Gasteiger partial charge in [-0.2, -0.15) is 8.78 Å². The fraction of sp³-hybridized carbons (Fsp3) is 0.417. The number of ether oxygens (including phenoxy) is 2. The van der Waals surface area contributed by atoms with Crippen molar-refractivity contribution in [2.75, 3.05) is 37.2 Å². The van der Waals surface area contributed by atoms with E-state index in [1.54, 1.807) is 11.9 Å². The molecule has 0 spiro atoms. The number of hydrogen-bond acceptors (Lipinski definition) is 5. The second-order valence-corrected chi connectivity index (χ2v) is 4.27. The summed E-state index contributed by atoms with van der Waals surface area (Å²) < 4.78 is 33.6. The van der Waals surface area contributed by atoms with E-state index in [1.165, 1.54) is 13.2 Å². The highest BCUT2D eigenvalue weighted by Crippen LogP contribution is 2.35. The number of nitrogens with two attached hydrogens (primary N) is 1. The molecule has 0 aromatic heterocycles. The molecule has 0 atom stereocenters. The van der Waals surface area contributed by atoms with E-state index < -0.39 is 12.6 Å². The average Bonchev–Trinajstić information content (AvgIpc) is 2.39. The van der Waals surface area contributed by atoms with Crippen molar-refractivity contribution in [3.8, 4) is 5.75 Å². The van der Waals surface area contributed by atoms with Crippen LogP contribution in [0.2, 0.25) is 0 Å². The van der Waals surface area contributed by atoms with Gasteiger partial charge in [0.15, 0.2) is 5.75 Å². The Balaban J connectivity index is 3.29. The number of alkyl halides is 3. The van der Waals surface area contributed by atoms with Crippen molar-refractivity contribution in [2.24, 2.45) is 0 Å². The molecule has 1 aromatic rings. The van der Waals surface area contributed by atoms with Gasteiger partial charge in [-0.3, -0.25) is 0 Å². The molecule has 0 saturated carbocycles. The van der Waals surface area contributed by atoms with Crippen LogP contribution in [0.3, 0.4) is 0 Å². The summed E-state index contributed by atoms with van der Waals surface area (Å²) in [6.07, 6.45) is 0. The summed E-state index contributed by atoms with van der Waals surface area (Å²) in [5.74, 6) is -0.646. The zero-order chi connectivity index (χ0) is 15.3. The molecule has 0 amide bonds. The Morgan fingerprint density at radius 2 is 2.15 bits per heavy atom. The number of anilines is 2. The molecule has 112 valence electrons. The average molecular weight is 309 g/mol. The molecule has 2 N–H and O–H groups in total. The number of esters is 1. The van der Waals surface area contributed by atoms with Crippen LogP contribution in [0.15, 0.2) is 12.1 Å². The topological polar surface area (TPSA) is 64.8 Å². The molecule has 0 heterocycles. The molecule has 0 saturated heterocycles. The highest BCUT2D eigenvalue weighted by atomic mass is 35.5. The van der Waals surface area contributed by atoms with Crippen molar-refractivity contribution in [1.82, 2.24) is 0 Å². The quantitative estimate of drug-likeness (QED) is 0.496. The smallest absolute Gasteiger partial charge is 0.387 e. The fourth-order valence-corrected chi connectivity index (χ4v) is 1.86. The fourth-order valence-electron chi connectivity index (χ4n) is 1.60. The normalized spacial score (nSPS) is 10.5. The molecular weight excluding hydrogens is 294 g/mol. The minimum absolute atomic E-state index is 0.00516. The van der Waals surface area contributed by atoms with Crippen molar-refractivity contribution in [3.05, 3.63) is 17.7 Å². The minimum Gasteiger partial charge on any atom is -0.465 e. The van der Waals surface area contributed by atoms with E-state index in [9.17, 15) is 13.6 Å². The first kappa shape index (κ1) is 16.3. The van der Waals surface area contributed by atoms with Gasteiger partial charge in [-0.05, 0) is 12.1 Å². The van der Waals surface area contributed by atoms with Crippen LogP contribution in [-0.4, -0.2) is 39.2 Å². The first-order chi connectivity index (χ1) is 9.40. The Kier molecular flexibility index (Phi) is 5.82. The van der Waals surface area contributed by atoms with Gasteiger partial charge in [-0.1, -0.05) is 0 Å². The first-order valence-corrected chi connectivity index (χ1v) is 6.17. The number of carbonyl (C=O) groups excluding carboxylic acids is 1. The number of nitrogens with zero attached hydrogens (tertiary/aromatic N) is 1. The predicted molar refractivity (Wildman–Crippen MR) is 72.8 cm³/mol. The number of carbonyl (C=O) groups is 1. The van der Waals surface area contributed by atoms with E-state index >= 15 is 0 Å². The third-order valence-electron chi connectivity index (χ3n) is 2.59. The molecule has 0 aliphatic rings. The summed E-state index contributed by atoms with van der Waals surface area (Å²) in [4.78, 5) is 13.2. The van der Waals surface area contributed by atoms with Crippen LogP contribution >= 0.6 is 11.6 Å². The first-order valence-electron chi connectivity index (χ1n) is 5.64. The van der Waals surface area contributed by atoms with Crippen LogP contribution in [-0.2, 0) is 4.74 Å². The van der Waals surface area contributed by atoms with Crippen LogP contribution in [0.1, 0.15) is 10.4 Å². The van der Waals surface area contributed by atoms with Gasteiger partial charge >= 0.3 is 12.6 Å². The standard InChI is InChI=1S/C12H15ClF2N2O3/c1-17(4-3-13)8-5-7(11(18)19-2)6-9(10(8)16)20-12(14)15/h5-6,12H,3-4,16H2,1-2H3. The largest absolute Gasteiger partial charge is 0.465 e. The number of benzene rings is 1. The number of rotatable bonds is 6. The van der Waals surface area contributed by atoms with Crippen LogP contribution in [0.4, 0.5) is 20.2 Å². The van der Waals surface area contributed by atoms with E-state index in [1.807, 2.05) is 0 Å². The molecule has 1 rings (SSSR count). The molecule has 5 nitrogen and oxygen atoms in total. The molecule has 0 radical (unpaired) electrons. The van der Waals surface area contributed by atoms with Gasteiger partial charge in [0.2, 0.25) is 0 Å². The molecular formula is C12H15ClF2N2O3.